The predicted octanol–water partition coefficient (Wildman–Crippen LogP) is 2.66. The van der Waals surface area contributed by atoms with Crippen molar-refractivity contribution in [3.63, 3.8) is 0 Å². The summed E-state index contributed by atoms with van der Waals surface area (Å²) in [5.74, 6) is -0.113. The Kier molecular flexibility index (Phi) is 5.25. The summed E-state index contributed by atoms with van der Waals surface area (Å²) in [6.45, 7) is 2.95. The highest BCUT2D eigenvalue weighted by Gasteiger charge is 2.21. The van der Waals surface area contributed by atoms with E-state index in [1.807, 2.05) is 22.9 Å². The molecule has 1 fully saturated rings. The second-order valence-corrected chi connectivity index (χ2v) is 6.88. The van der Waals surface area contributed by atoms with E-state index >= 15 is 0 Å². The van der Waals surface area contributed by atoms with E-state index in [0.717, 1.165) is 38.2 Å². The predicted molar refractivity (Wildman–Crippen MR) is 104 cm³/mol. The Labute approximate surface area is 158 Å². The Morgan fingerprint density at radius 1 is 1.11 bits per heavy atom. The summed E-state index contributed by atoms with van der Waals surface area (Å²) < 4.78 is 1.86. The zero-order valence-electron chi connectivity index (χ0n) is 15.2. The Morgan fingerprint density at radius 3 is 2.67 bits per heavy atom. The van der Waals surface area contributed by atoms with Crippen molar-refractivity contribution in [1.82, 2.24) is 24.8 Å². The number of rotatable bonds is 5. The number of likely N-dealkylation sites (tertiary alicyclic amines) is 1. The zero-order chi connectivity index (χ0) is 18.5. The molecule has 0 spiro atoms. The lowest BCUT2D eigenvalue weighted by atomic mass is 10.0. The number of carbonyl (C=O) groups is 1. The van der Waals surface area contributed by atoms with E-state index in [1.165, 1.54) is 5.56 Å². The fraction of sp³-hybridized carbons (Fsp3) is 0.286. The van der Waals surface area contributed by atoms with Crippen LogP contribution >= 0.6 is 0 Å². The topological polar surface area (TPSA) is 63.1 Å². The van der Waals surface area contributed by atoms with Gasteiger partial charge in [0, 0.05) is 44.3 Å². The summed E-state index contributed by atoms with van der Waals surface area (Å²) in [6, 6.07) is 14.4. The lowest BCUT2D eigenvalue weighted by molar-refractivity contribution is 0.0904. The minimum Gasteiger partial charge on any atom is -0.348 e. The minimum absolute atomic E-state index is 0.113. The smallest absolute Gasteiger partial charge is 0.270 e. The van der Waals surface area contributed by atoms with Gasteiger partial charge in [0.1, 0.15) is 5.69 Å². The van der Waals surface area contributed by atoms with Crippen LogP contribution in [-0.4, -0.2) is 44.5 Å². The number of hydrogen-bond acceptors (Lipinski definition) is 4. The van der Waals surface area contributed by atoms with E-state index in [4.69, 9.17) is 0 Å². The highest BCUT2D eigenvalue weighted by molar-refractivity contribution is 5.92. The lowest BCUT2D eigenvalue weighted by Gasteiger charge is -2.32. The van der Waals surface area contributed by atoms with Crippen molar-refractivity contribution in [1.29, 1.82) is 0 Å². The first kappa shape index (κ1) is 17.4. The van der Waals surface area contributed by atoms with E-state index < -0.39 is 0 Å². The maximum Gasteiger partial charge on any atom is 0.270 e. The van der Waals surface area contributed by atoms with Crippen LogP contribution in [0.15, 0.2) is 67.4 Å². The van der Waals surface area contributed by atoms with E-state index in [0.29, 0.717) is 5.69 Å². The van der Waals surface area contributed by atoms with Crippen LogP contribution in [0, 0.1) is 0 Å². The van der Waals surface area contributed by atoms with Crippen molar-refractivity contribution in [3.05, 3.63) is 78.6 Å². The van der Waals surface area contributed by atoms with Crippen LogP contribution in [0.3, 0.4) is 0 Å². The fourth-order valence-electron chi connectivity index (χ4n) is 3.45. The van der Waals surface area contributed by atoms with Gasteiger partial charge < -0.3 is 9.88 Å². The molecule has 3 heterocycles. The van der Waals surface area contributed by atoms with Crippen LogP contribution in [0.5, 0.6) is 0 Å². The number of benzene rings is 1. The van der Waals surface area contributed by atoms with E-state index in [2.05, 4.69) is 44.5 Å². The number of pyridine rings is 1. The standard InChI is InChI=1S/C21H23N5O/c27-21(20-14-19(6-9-23-20)26-13-10-22-16-26)24-18-7-11-25(12-8-18)15-17-4-2-1-3-5-17/h1-6,9-10,13-14,16,18H,7-8,11-12,15H2,(H,24,27). The molecular formula is C21H23N5O. The van der Waals surface area contributed by atoms with E-state index in [9.17, 15) is 4.79 Å². The molecule has 1 aromatic carbocycles. The van der Waals surface area contributed by atoms with Crippen molar-refractivity contribution >= 4 is 5.91 Å². The zero-order valence-corrected chi connectivity index (χ0v) is 15.2. The maximum atomic E-state index is 12.6. The molecule has 138 valence electrons. The highest BCUT2D eigenvalue weighted by Crippen LogP contribution is 2.15. The van der Waals surface area contributed by atoms with Gasteiger partial charge in [0.15, 0.2) is 0 Å². The molecule has 1 saturated heterocycles. The number of carbonyl (C=O) groups excluding carboxylic acids is 1. The lowest BCUT2D eigenvalue weighted by Crippen LogP contribution is -2.44. The van der Waals surface area contributed by atoms with E-state index in [-0.39, 0.29) is 11.9 Å². The molecule has 6 heteroatoms. The Balaban J connectivity index is 1.31. The molecule has 1 amide bonds. The molecule has 0 saturated carbocycles. The first-order valence-corrected chi connectivity index (χ1v) is 9.29. The normalized spacial score (nSPS) is 15.6. The molecule has 1 N–H and O–H groups in total. The second kappa shape index (κ2) is 8.14. The summed E-state index contributed by atoms with van der Waals surface area (Å²) >= 11 is 0. The molecule has 27 heavy (non-hydrogen) atoms. The van der Waals surface area contributed by atoms with Crippen LogP contribution in [0.25, 0.3) is 5.69 Å². The van der Waals surface area contributed by atoms with Crippen LogP contribution in [-0.2, 0) is 6.54 Å². The first-order chi connectivity index (χ1) is 13.3. The van der Waals surface area contributed by atoms with Gasteiger partial charge in [0.25, 0.3) is 5.91 Å². The van der Waals surface area contributed by atoms with Crippen molar-refractivity contribution in [2.75, 3.05) is 13.1 Å². The van der Waals surface area contributed by atoms with Gasteiger partial charge in [0.05, 0.1) is 12.0 Å². The minimum atomic E-state index is -0.113. The van der Waals surface area contributed by atoms with Crippen LogP contribution in [0.1, 0.15) is 28.9 Å². The highest BCUT2D eigenvalue weighted by atomic mass is 16.1. The molecule has 0 radical (unpaired) electrons. The van der Waals surface area contributed by atoms with Crippen molar-refractivity contribution in [3.8, 4) is 5.69 Å². The molecule has 0 unspecified atom stereocenters. The third-order valence-electron chi connectivity index (χ3n) is 4.95. The molecule has 0 bridgehead atoms. The van der Waals surface area contributed by atoms with Crippen LogP contribution in [0.2, 0.25) is 0 Å². The van der Waals surface area contributed by atoms with Crippen molar-refractivity contribution in [2.24, 2.45) is 0 Å². The molecule has 3 aromatic rings. The van der Waals surface area contributed by atoms with Gasteiger partial charge in [-0.15, -0.1) is 0 Å². The second-order valence-electron chi connectivity index (χ2n) is 6.88. The monoisotopic (exact) mass is 361 g/mol. The average Bonchev–Trinajstić information content (AvgIpc) is 3.25. The third-order valence-corrected chi connectivity index (χ3v) is 4.95. The van der Waals surface area contributed by atoms with Crippen molar-refractivity contribution < 1.29 is 4.79 Å². The van der Waals surface area contributed by atoms with Gasteiger partial charge >= 0.3 is 0 Å². The summed E-state index contributed by atoms with van der Waals surface area (Å²) in [5.41, 5.74) is 2.65. The number of nitrogens with zero attached hydrogens (tertiary/aromatic N) is 4. The van der Waals surface area contributed by atoms with Crippen LogP contribution < -0.4 is 5.32 Å². The van der Waals surface area contributed by atoms with Gasteiger partial charge in [-0.05, 0) is 30.5 Å². The quantitative estimate of drug-likeness (QED) is 0.759. The number of nitrogens with one attached hydrogen (secondary N) is 1. The van der Waals surface area contributed by atoms with Gasteiger partial charge in [0.2, 0.25) is 0 Å². The van der Waals surface area contributed by atoms with Gasteiger partial charge in [-0.3, -0.25) is 14.7 Å². The Hall–Kier alpha value is -2.99. The molecular weight excluding hydrogens is 338 g/mol. The van der Waals surface area contributed by atoms with Gasteiger partial charge in [-0.25, -0.2) is 4.98 Å². The summed E-state index contributed by atoms with van der Waals surface area (Å²) in [6.07, 6.45) is 8.84. The third kappa shape index (κ3) is 4.41. The number of aromatic nitrogens is 3. The van der Waals surface area contributed by atoms with Gasteiger partial charge in [-0.2, -0.15) is 0 Å². The number of amides is 1. The summed E-state index contributed by atoms with van der Waals surface area (Å²) in [4.78, 5) is 23.3. The number of piperidine rings is 1. The summed E-state index contributed by atoms with van der Waals surface area (Å²) in [5, 5.41) is 3.14. The maximum absolute atomic E-state index is 12.6. The molecule has 0 atom stereocenters. The fourth-order valence-corrected chi connectivity index (χ4v) is 3.45. The molecule has 4 rings (SSSR count). The summed E-state index contributed by atoms with van der Waals surface area (Å²) in [7, 11) is 0. The van der Waals surface area contributed by atoms with Crippen molar-refractivity contribution in [2.45, 2.75) is 25.4 Å². The molecule has 1 aliphatic rings. The van der Waals surface area contributed by atoms with Gasteiger partial charge in [-0.1, -0.05) is 30.3 Å². The molecule has 1 aliphatic heterocycles. The van der Waals surface area contributed by atoms with E-state index in [1.54, 1.807) is 24.8 Å². The SMILES string of the molecule is O=C(NC1CCN(Cc2ccccc2)CC1)c1cc(-n2ccnc2)ccn1. The average molecular weight is 361 g/mol. The first-order valence-electron chi connectivity index (χ1n) is 9.29. The Morgan fingerprint density at radius 2 is 1.93 bits per heavy atom. The molecule has 0 aliphatic carbocycles. The largest absolute Gasteiger partial charge is 0.348 e. The van der Waals surface area contributed by atoms with Crippen LogP contribution in [0.4, 0.5) is 0 Å². The number of hydrogen-bond donors (Lipinski definition) is 1. The number of imidazole rings is 1. The molecule has 6 nitrogen and oxygen atoms in total. The Bertz CT molecular complexity index is 871. The molecule has 2 aromatic heterocycles.